The van der Waals surface area contributed by atoms with E-state index in [1.54, 1.807) is 17.2 Å². The molecule has 1 aliphatic heterocycles. The van der Waals surface area contributed by atoms with Gasteiger partial charge in [-0.05, 0) is 44.0 Å². The second-order valence-electron chi connectivity index (χ2n) is 7.66. The Balaban J connectivity index is 1.42. The van der Waals surface area contributed by atoms with Crippen LogP contribution < -0.4 is 5.56 Å². The largest absolute Gasteiger partial charge is 0.341 e. The number of aromatic nitrogens is 1. The van der Waals surface area contributed by atoms with E-state index in [9.17, 15) is 9.59 Å². The number of thiophene rings is 1. The second-order valence-corrected chi connectivity index (χ2v) is 9.04. The zero-order chi connectivity index (χ0) is 19.7. The molecule has 0 spiro atoms. The molecule has 28 heavy (non-hydrogen) atoms. The molecule has 1 saturated heterocycles. The smallest absolute Gasteiger partial charge is 0.255 e. The maximum absolute atomic E-state index is 13.0. The molecule has 1 atom stereocenters. The van der Waals surface area contributed by atoms with E-state index in [-0.39, 0.29) is 11.5 Å². The van der Waals surface area contributed by atoms with Crippen LogP contribution in [0.4, 0.5) is 0 Å². The van der Waals surface area contributed by atoms with Crippen molar-refractivity contribution in [1.29, 1.82) is 0 Å². The van der Waals surface area contributed by atoms with Gasteiger partial charge in [0.05, 0.1) is 5.56 Å². The van der Waals surface area contributed by atoms with Gasteiger partial charge in [-0.25, -0.2) is 0 Å². The number of hydrogen-bond donors (Lipinski definition) is 1. The van der Waals surface area contributed by atoms with Gasteiger partial charge in [0.25, 0.3) is 11.5 Å². The number of likely N-dealkylation sites (tertiary alicyclic amines) is 1. The highest BCUT2D eigenvalue weighted by atomic mass is 32.1. The van der Waals surface area contributed by atoms with Crippen molar-refractivity contribution in [3.05, 3.63) is 68.3 Å². The molecule has 0 bridgehead atoms. The Hall–Kier alpha value is -2.44. The molecular formula is C22H25N3O2S. The van der Waals surface area contributed by atoms with Gasteiger partial charge in [-0.1, -0.05) is 18.2 Å². The first-order valence-electron chi connectivity index (χ1n) is 9.65. The first kappa shape index (κ1) is 18.9. The van der Waals surface area contributed by atoms with Gasteiger partial charge in [-0.15, -0.1) is 11.3 Å². The monoisotopic (exact) mass is 395 g/mol. The van der Waals surface area contributed by atoms with E-state index in [1.165, 1.54) is 9.75 Å². The molecule has 5 nitrogen and oxygen atoms in total. The molecule has 1 amide bonds. The third-order valence-electron chi connectivity index (χ3n) is 5.46. The van der Waals surface area contributed by atoms with Crippen molar-refractivity contribution in [3.8, 4) is 0 Å². The molecule has 0 saturated carbocycles. The Morgan fingerprint density at radius 3 is 2.79 bits per heavy atom. The lowest BCUT2D eigenvalue weighted by Gasteiger charge is -2.22. The summed E-state index contributed by atoms with van der Waals surface area (Å²) in [6, 6.07) is 11.7. The molecule has 1 N–H and O–H groups in total. The van der Waals surface area contributed by atoms with E-state index in [0.717, 1.165) is 32.6 Å². The van der Waals surface area contributed by atoms with Crippen molar-refractivity contribution >= 4 is 28.0 Å². The van der Waals surface area contributed by atoms with Gasteiger partial charge in [0, 0.05) is 53.4 Å². The minimum atomic E-state index is -0.162. The molecule has 146 valence electrons. The molecule has 2 aromatic heterocycles. The summed E-state index contributed by atoms with van der Waals surface area (Å²) in [6.07, 6.45) is 2.65. The highest BCUT2D eigenvalue weighted by molar-refractivity contribution is 7.11. The fourth-order valence-corrected chi connectivity index (χ4v) is 4.99. The number of benzene rings is 1. The van der Waals surface area contributed by atoms with Crippen LogP contribution in [-0.4, -0.2) is 47.4 Å². The molecule has 3 heterocycles. The number of aromatic amines is 1. The van der Waals surface area contributed by atoms with Crippen LogP contribution in [0.5, 0.6) is 0 Å². The molecule has 4 rings (SSSR count). The van der Waals surface area contributed by atoms with Crippen molar-refractivity contribution in [2.24, 2.45) is 5.92 Å². The summed E-state index contributed by atoms with van der Waals surface area (Å²) in [7, 11) is 1.85. The molecule has 0 radical (unpaired) electrons. The fraction of sp³-hybridized carbons (Fsp3) is 0.364. The van der Waals surface area contributed by atoms with E-state index < -0.39 is 0 Å². The van der Waals surface area contributed by atoms with E-state index in [2.05, 4.69) is 28.9 Å². The number of H-pyrrole nitrogens is 1. The number of rotatable bonds is 5. The van der Waals surface area contributed by atoms with Gasteiger partial charge in [-0.3, -0.25) is 14.5 Å². The zero-order valence-electron chi connectivity index (χ0n) is 16.3. The van der Waals surface area contributed by atoms with Crippen LogP contribution in [0.25, 0.3) is 10.8 Å². The van der Waals surface area contributed by atoms with Crippen LogP contribution in [0.1, 0.15) is 26.5 Å². The van der Waals surface area contributed by atoms with Crippen LogP contribution in [0.15, 0.2) is 47.4 Å². The Labute approximate surface area is 168 Å². The van der Waals surface area contributed by atoms with E-state index in [1.807, 2.05) is 36.6 Å². The molecular weight excluding hydrogens is 370 g/mol. The normalized spacial score (nSPS) is 17.3. The molecule has 3 aromatic rings. The second kappa shape index (κ2) is 7.89. The molecule has 1 aromatic carbocycles. The summed E-state index contributed by atoms with van der Waals surface area (Å²) in [5.74, 6) is 0.434. The summed E-state index contributed by atoms with van der Waals surface area (Å²) in [6.45, 7) is 5.96. The van der Waals surface area contributed by atoms with Gasteiger partial charge in [0.1, 0.15) is 0 Å². The molecule has 0 aliphatic carbocycles. The van der Waals surface area contributed by atoms with Crippen molar-refractivity contribution in [2.75, 3.05) is 26.7 Å². The van der Waals surface area contributed by atoms with Gasteiger partial charge < -0.3 is 9.88 Å². The van der Waals surface area contributed by atoms with Crippen molar-refractivity contribution < 1.29 is 4.79 Å². The first-order valence-corrected chi connectivity index (χ1v) is 10.5. The number of amides is 1. The lowest BCUT2D eigenvalue weighted by atomic mass is 10.1. The standard InChI is InChI=1S/C22H25N3O2S/c1-15-7-8-17(28-15)14-25-10-9-16(13-25)12-24(2)22(27)20-11-23-21(26)19-6-4-3-5-18(19)20/h3-8,11,16H,9-10,12-14H2,1-2H3,(H,23,26). The molecule has 6 heteroatoms. The number of carbonyl (C=O) groups excluding carboxylic acids is 1. The zero-order valence-corrected chi connectivity index (χ0v) is 17.1. The van der Waals surface area contributed by atoms with Crippen LogP contribution in [0.2, 0.25) is 0 Å². The number of nitrogens with zero attached hydrogens (tertiary/aromatic N) is 2. The number of fused-ring (bicyclic) bond motifs is 1. The maximum atomic E-state index is 13.0. The van der Waals surface area contributed by atoms with Crippen molar-refractivity contribution in [2.45, 2.75) is 19.9 Å². The fourth-order valence-electron chi connectivity index (χ4n) is 4.06. The number of aryl methyl sites for hydroxylation is 1. The average molecular weight is 396 g/mol. The minimum absolute atomic E-state index is 0.0419. The van der Waals surface area contributed by atoms with Crippen LogP contribution in [0, 0.1) is 12.8 Å². The number of pyridine rings is 1. The number of hydrogen-bond acceptors (Lipinski definition) is 4. The average Bonchev–Trinajstić information content (AvgIpc) is 3.30. The summed E-state index contributed by atoms with van der Waals surface area (Å²) in [5, 5.41) is 1.27. The number of carbonyl (C=O) groups is 1. The Morgan fingerprint density at radius 1 is 1.25 bits per heavy atom. The lowest BCUT2D eigenvalue weighted by molar-refractivity contribution is 0.0774. The third kappa shape index (κ3) is 3.88. The number of nitrogens with one attached hydrogen (secondary N) is 1. The Morgan fingerprint density at radius 2 is 2.04 bits per heavy atom. The molecule has 1 aliphatic rings. The predicted octanol–water partition coefficient (Wildman–Crippen LogP) is 3.49. The van der Waals surface area contributed by atoms with E-state index >= 15 is 0 Å². The summed E-state index contributed by atoms with van der Waals surface area (Å²) >= 11 is 1.86. The lowest BCUT2D eigenvalue weighted by Crippen LogP contribution is -2.33. The van der Waals surface area contributed by atoms with Gasteiger partial charge in [0.2, 0.25) is 0 Å². The van der Waals surface area contributed by atoms with E-state index in [4.69, 9.17) is 0 Å². The topological polar surface area (TPSA) is 56.4 Å². The van der Waals surface area contributed by atoms with Gasteiger partial charge in [-0.2, -0.15) is 0 Å². The van der Waals surface area contributed by atoms with Crippen molar-refractivity contribution in [3.63, 3.8) is 0 Å². The summed E-state index contributed by atoms with van der Waals surface area (Å²) in [4.78, 5) is 34.8. The Kier molecular flexibility index (Phi) is 5.33. The minimum Gasteiger partial charge on any atom is -0.341 e. The van der Waals surface area contributed by atoms with Crippen LogP contribution >= 0.6 is 11.3 Å². The first-order chi connectivity index (χ1) is 13.5. The van der Waals surface area contributed by atoms with E-state index in [0.29, 0.717) is 22.3 Å². The summed E-state index contributed by atoms with van der Waals surface area (Å²) < 4.78 is 0. The van der Waals surface area contributed by atoms with Crippen LogP contribution in [-0.2, 0) is 6.54 Å². The third-order valence-corrected chi connectivity index (χ3v) is 6.45. The van der Waals surface area contributed by atoms with Crippen molar-refractivity contribution in [1.82, 2.24) is 14.8 Å². The highest BCUT2D eigenvalue weighted by Crippen LogP contribution is 2.24. The molecule has 1 fully saturated rings. The van der Waals surface area contributed by atoms with Gasteiger partial charge in [0.15, 0.2) is 0 Å². The quantitative estimate of drug-likeness (QED) is 0.719. The Bertz CT molecular complexity index is 1060. The van der Waals surface area contributed by atoms with Gasteiger partial charge >= 0.3 is 0 Å². The summed E-state index contributed by atoms with van der Waals surface area (Å²) in [5.41, 5.74) is 0.395. The SMILES string of the molecule is Cc1ccc(CN2CCC(CN(C)C(=O)c3c[nH]c(=O)c4ccccc34)C2)s1. The van der Waals surface area contributed by atoms with Crippen LogP contribution in [0.3, 0.4) is 0 Å². The maximum Gasteiger partial charge on any atom is 0.255 e. The predicted molar refractivity (Wildman–Crippen MR) is 114 cm³/mol. The highest BCUT2D eigenvalue weighted by Gasteiger charge is 2.26. The molecule has 1 unspecified atom stereocenters.